The smallest absolute Gasteiger partial charge is 0.128 e. The Hall–Kier alpha value is -0.730. The Morgan fingerprint density at radius 3 is 2.85 bits per heavy atom. The Kier molecular flexibility index (Phi) is 2.42. The fourth-order valence-corrected chi connectivity index (χ4v) is 1.73. The van der Waals surface area contributed by atoms with Crippen molar-refractivity contribution in [2.45, 2.75) is 12.5 Å². The van der Waals surface area contributed by atoms with Gasteiger partial charge in [0.05, 0.1) is 6.04 Å². The van der Waals surface area contributed by atoms with Gasteiger partial charge in [0.15, 0.2) is 0 Å². The van der Waals surface area contributed by atoms with E-state index in [2.05, 4.69) is 10.5 Å². The van der Waals surface area contributed by atoms with E-state index in [4.69, 9.17) is 23.2 Å². The first-order valence-electron chi connectivity index (χ1n) is 3.99. The molecule has 0 spiro atoms. The first-order valence-corrected chi connectivity index (χ1v) is 4.74. The molecule has 1 unspecified atom stereocenters. The molecule has 1 heterocycles. The Morgan fingerprint density at radius 2 is 2.23 bits per heavy atom. The van der Waals surface area contributed by atoms with Crippen LogP contribution in [-0.2, 0) is 0 Å². The van der Waals surface area contributed by atoms with Crippen LogP contribution in [0.2, 0.25) is 5.02 Å². The fourth-order valence-electron chi connectivity index (χ4n) is 1.32. The molecule has 0 amide bonds. The summed E-state index contributed by atoms with van der Waals surface area (Å²) in [6, 6.07) is 7.87. The molecule has 0 aliphatic carbocycles. The molecule has 1 aromatic rings. The van der Waals surface area contributed by atoms with Gasteiger partial charge in [-0.05, 0) is 17.7 Å². The van der Waals surface area contributed by atoms with Gasteiger partial charge in [0.1, 0.15) is 5.17 Å². The Balaban J connectivity index is 2.18. The van der Waals surface area contributed by atoms with Crippen LogP contribution in [0, 0.1) is 0 Å². The van der Waals surface area contributed by atoms with Crippen LogP contribution in [0.4, 0.5) is 0 Å². The third-order valence-electron chi connectivity index (χ3n) is 1.97. The van der Waals surface area contributed by atoms with Crippen molar-refractivity contribution in [3.05, 3.63) is 34.9 Å². The second kappa shape index (κ2) is 3.56. The maximum atomic E-state index is 5.86. The molecule has 2 rings (SSSR count). The maximum Gasteiger partial charge on any atom is 0.128 e. The number of halogens is 2. The first-order chi connectivity index (χ1) is 6.25. The number of nitrogens with zero attached hydrogens (tertiary/aromatic N) is 1. The summed E-state index contributed by atoms with van der Waals surface area (Å²) in [5.41, 5.74) is 4.06. The van der Waals surface area contributed by atoms with Crippen LogP contribution in [0.3, 0.4) is 0 Å². The van der Waals surface area contributed by atoms with Crippen molar-refractivity contribution < 1.29 is 0 Å². The fraction of sp³-hybridized carbons (Fsp3) is 0.222. The first kappa shape index (κ1) is 8.85. The van der Waals surface area contributed by atoms with E-state index in [-0.39, 0.29) is 6.04 Å². The number of rotatable bonds is 1. The lowest BCUT2D eigenvalue weighted by molar-refractivity contribution is 0.620. The normalized spacial score (nSPS) is 21.1. The van der Waals surface area contributed by atoms with Gasteiger partial charge in [0.25, 0.3) is 0 Å². The lowest BCUT2D eigenvalue weighted by Crippen LogP contribution is -2.09. The molecule has 4 heteroatoms. The minimum atomic E-state index is 0.172. The van der Waals surface area contributed by atoms with Crippen LogP contribution in [0.1, 0.15) is 18.0 Å². The van der Waals surface area contributed by atoms with E-state index in [1.54, 1.807) is 0 Å². The van der Waals surface area contributed by atoms with Crippen molar-refractivity contribution in [2.75, 3.05) is 0 Å². The summed E-state index contributed by atoms with van der Waals surface area (Å²) in [5, 5.41) is 5.27. The third-order valence-corrected chi connectivity index (χ3v) is 2.44. The van der Waals surface area contributed by atoms with E-state index in [9.17, 15) is 0 Å². The molecule has 68 valence electrons. The highest BCUT2D eigenvalue weighted by molar-refractivity contribution is 6.65. The summed E-state index contributed by atoms with van der Waals surface area (Å²) < 4.78 is 0. The zero-order valence-corrected chi connectivity index (χ0v) is 8.31. The molecule has 0 bridgehead atoms. The van der Waals surface area contributed by atoms with E-state index < -0.39 is 0 Å². The summed E-state index contributed by atoms with van der Waals surface area (Å²) in [4.78, 5) is 0. The molecule has 1 aliphatic heterocycles. The molecular weight excluding hydrogens is 207 g/mol. The average Bonchev–Trinajstić information content (AvgIpc) is 2.52. The minimum Gasteiger partial charge on any atom is -0.301 e. The summed E-state index contributed by atoms with van der Waals surface area (Å²) in [5.74, 6) is 0. The Labute approximate surface area is 86.5 Å². The monoisotopic (exact) mass is 214 g/mol. The zero-order valence-electron chi connectivity index (χ0n) is 6.80. The summed E-state index contributed by atoms with van der Waals surface area (Å²) in [6.07, 6.45) is 0.738. The zero-order chi connectivity index (χ0) is 9.26. The van der Waals surface area contributed by atoms with E-state index in [1.807, 2.05) is 24.3 Å². The molecule has 0 saturated heterocycles. The number of benzene rings is 1. The molecule has 1 atom stereocenters. The van der Waals surface area contributed by atoms with Gasteiger partial charge in [-0.15, -0.1) is 0 Å². The maximum absolute atomic E-state index is 5.86. The van der Waals surface area contributed by atoms with Crippen molar-refractivity contribution in [1.82, 2.24) is 5.43 Å². The van der Waals surface area contributed by atoms with E-state index in [0.717, 1.165) is 17.0 Å². The van der Waals surface area contributed by atoms with E-state index in [0.29, 0.717) is 5.17 Å². The van der Waals surface area contributed by atoms with Crippen molar-refractivity contribution in [3.63, 3.8) is 0 Å². The number of nitrogens with one attached hydrogen (secondary N) is 1. The quantitative estimate of drug-likeness (QED) is 0.765. The molecule has 1 N–H and O–H groups in total. The molecule has 0 aromatic heterocycles. The largest absolute Gasteiger partial charge is 0.301 e. The second-order valence-electron chi connectivity index (χ2n) is 2.93. The van der Waals surface area contributed by atoms with Gasteiger partial charge < -0.3 is 5.43 Å². The molecule has 1 aliphatic rings. The highest BCUT2D eigenvalue weighted by atomic mass is 35.5. The predicted octanol–water partition coefficient (Wildman–Crippen LogP) is 2.93. The van der Waals surface area contributed by atoms with Crippen molar-refractivity contribution in [1.29, 1.82) is 0 Å². The molecule has 0 saturated carbocycles. The molecule has 0 fully saturated rings. The van der Waals surface area contributed by atoms with Gasteiger partial charge in [-0.3, -0.25) is 0 Å². The van der Waals surface area contributed by atoms with Gasteiger partial charge >= 0.3 is 0 Å². The Bertz CT molecular complexity index is 349. The number of hydrazone groups is 1. The molecule has 2 nitrogen and oxygen atoms in total. The highest BCUT2D eigenvalue weighted by Gasteiger charge is 2.18. The molecule has 13 heavy (non-hydrogen) atoms. The van der Waals surface area contributed by atoms with Gasteiger partial charge in [0, 0.05) is 11.4 Å². The molecule has 0 radical (unpaired) electrons. The van der Waals surface area contributed by atoms with Crippen LogP contribution >= 0.6 is 23.2 Å². The Morgan fingerprint density at radius 1 is 1.38 bits per heavy atom. The van der Waals surface area contributed by atoms with Crippen LogP contribution in [0.15, 0.2) is 29.4 Å². The second-order valence-corrected chi connectivity index (χ2v) is 3.80. The van der Waals surface area contributed by atoms with E-state index >= 15 is 0 Å². The van der Waals surface area contributed by atoms with Crippen molar-refractivity contribution >= 4 is 28.4 Å². The average molecular weight is 215 g/mol. The standard InChI is InChI=1S/C9H8Cl2N2/c10-7-3-1-2-6(4-7)8-5-9(11)13-12-8/h1-4,8,12H,5H2. The van der Waals surface area contributed by atoms with Gasteiger partial charge in [-0.2, -0.15) is 5.10 Å². The SMILES string of the molecule is ClC1=NNC(c2cccc(Cl)c2)C1. The van der Waals surface area contributed by atoms with Gasteiger partial charge in [0.2, 0.25) is 0 Å². The lowest BCUT2D eigenvalue weighted by Gasteiger charge is -2.09. The summed E-state index contributed by atoms with van der Waals surface area (Å²) in [7, 11) is 0. The summed E-state index contributed by atoms with van der Waals surface area (Å²) >= 11 is 11.6. The van der Waals surface area contributed by atoms with E-state index in [1.165, 1.54) is 0 Å². The van der Waals surface area contributed by atoms with Crippen LogP contribution < -0.4 is 5.43 Å². The third kappa shape index (κ3) is 1.95. The summed E-state index contributed by atoms with van der Waals surface area (Å²) in [6.45, 7) is 0. The van der Waals surface area contributed by atoms with Crippen LogP contribution in [0.5, 0.6) is 0 Å². The van der Waals surface area contributed by atoms with Crippen LogP contribution in [0.25, 0.3) is 0 Å². The minimum absolute atomic E-state index is 0.172. The topological polar surface area (TPSA) is 24.4 Å². The predicted molar refractivity (Wildman–Crippen MR) is 55.2 cm³/mol. The molecule has 1 aromatic carbocycles. The molecular formula is C9H8Cl2N2. The van der Waals surface area contributed by atoms with Crippen molar-refractivity contribution in [3.8, 4) is 0 Å². The lowest BCUT2D eigenvalue weighted by atomic mass is 10.1. The van der Waals surface area contributed by atoms with Crippen LogP contribution in [-0.4, -0.2) is 5.17 Å². The number of hydrogen-bond acceptors (Lipinski definition) is 2. The van der Waals surface area contributed by atoms with Gasteiger partial charge in [-0.1, -0.05) is 35.3 Å². The van der Waals surface area contributed by atoms with Gasteiger partial charge in [-0.25, -0.2) is 0 Å². The highest BCUT2D eigenvalue weighted by Crippen LogP contribution is 2.24. The number of hydrogen-bond donors (Lipinski definition) is 1. The van der Waals surface area contributed by atoms with Crippen molar-refractivity contribution in [2.24, 2.45) is 5.10 Å².